The number of benzene rings is 2. The average Bonchev–Trinajstić information content (AvgIpc) is 3.10. The van der Waals surface area contributed by atoms with E-state index in [4.69, 9.17) is 21.0 Å². The number of para-hydroxylation sites is 2. The number of carbonyl (C=O) groups excluding carboxylic acids is 1. The number of fused-ring (bicyclic) bond motifs is 1. The van der Waals surface area contributed by atoms with Gasteiger partial charge >= 0.3 is 6.01 Å². The molecule has 5 rings (SSSR count). The number of allylic oxidation sites excluding steroid dienone is 1. The molecule has 0 fully saturated rings. The largest absolute Gasteiger partial charge is 0.423 e. The fourth-order valence-electron chi connectivity index (χ4n) is 3.66. The van der Waals surface area contributed by atoms with E-state index < -0.39 is 0 Å². The predicted molar refractivity (Wildman–Crippen MR) is 108 cm³/mol. The van der Waals surface area contributed by atoms with E-state index in [1.54, 1.807) is 0 Å². The molecule has 1 aromatic heterocycles. The summed E-state index contributed by atoms with van der Waals surface area (Å²) in [6, 6.07) is 15.0. The molecule has 0 unspecified atom stereocenters. The van der Waals surface area contributed by atoms with E-state index in [1.165, 1.54) is 0 Å². The summed E-state index contributed by atoms with van der Waals surface area (Å²) in [5.41, 5.74) is 4.03. The first-order valence-electron chi connectivity index (χ1n) is 9.16. The summed E-state index contributed by atoms with van der Waals surface area (Å²) in [5, 5.41) is 7.03. The van der Waals surface area contributed by atoms with E-state index in [0.717, 1.165) is 35.2 Å². The van der Waals surface area contributed by atoms with Gasteiger partial charge in [0.25, 0.3) is 0 Å². The molecule has 2 aliphatic rings. The Hall–Kier alpha value is -3.12. The number of rotatable bonds is 2. The number of hydrogen-bond acceptors (Lipinski definition) is 6. The van der Waals surface area contributed by atoms with Crippen LogP contribution in [0.1, 0.15) is 30.9 Å². The van der Waals surface area contributed by atoms with Crippen LogP contribution in [0.25, 0.3) is 11.1 Å². The molecule has 6 nitrogen and oxygen atoms in total. The number of aromatic nitrogens is 1. The standard InChI is InChI=1S/C21H17ClN4O2/c22-13-10-8-12(9-11-13)19-18-15(5-3-6-16(18)27)23-20(25-19)26-21-24-14-4-1-2-7-17(14)28-21/h1-2,4,7-11,19H,3,5-6H2,(H2,23,24,25,26)/t19-/m0/s1. The van der Waals surface area contributed by atoms with Crippen molar-refractivity contribution < 1.29 is 9.21 Å². The van der Waals surface area contributed by atoms with Gasteiger partial charge in [0, 0.05) is 22.7 Å². The Morgan fingerprint density at radius 3 is 2.75 bits per heavy atom. The number of ketones is 1. The number of nitrogens with one attached hydrogen (secondary N) is 2. The maximum absolute atomic E-state index is 12.6. The Bertz CT molecular complexity index is 1100. The zero-order chi connectivity index (χ0) is 19.1. The minimum absolute atomic E-state index is 0.137. The lowest BCUT2D eigenvalue weighted by molar-refractivity contribution is -0.116. The van der Waals surface area contributed by atoms with Gasteiger partial charge < -0.3 is 9.73 Å². The fraction of sp³-hybridized carbons (Fsp3) is 0.190. The van der Waals surface area contributed by atoms with Crippen LogP contribution >= 0.6 is 11.6 Å². The minimum Gasteiger partial charge on any atom is -0.423 e. The molecule has 0 amide bonds. The first-order chi connectivity index (χ1) is 13.7. The number of Topliss-reactive ketones (excluding diaryl/α,β-unsaturated/α-hetero) is 1. The second-order valence-corrected chi connectivity index (χ2v) is 7.27. The van der Waals surface area contributed by atoms with E-state index >= 15 is 0 Å². The quantitative estimate of drug-likeness (QED) is 0.666. The van der Waals surface area contributed by atoms with Crippen LogP contribution in [0.4, 0.5) is 6.01 Å². The maximum atomic E-state index is 12.6. The molecule has 1 atom stereocenters. The predicted octanol–water partition coefficient (Wildman–Crippen LogP) is 4.60. The summed E-state index contributed by atoms with van der Waals surface area (Å²) in [7, 11) is 0. The molecule has 7 heteroatoms. The number of oxazole rings is 1. The minimum atomic E-state index is -0.381. The SMILES string of the molecule is O=C1CCCC2=C1[C@H](c1ccc(Cl)cc1)N=C(Nc1nc3ccccc3o1)N2. The van der Waals surface area contributed by atoms with Crippen molar-refractivity contribution in [3.05, 3.63) is 70.4 Å². The van der Waals surface area contributed by atoms with E-state index in [9.17, 15) is 4.79 Å². The summed E-state index contributed by atoms with van der Waals surface area (Å²) in [5.74, 6) is 0.651. The summed E-state index contributed by atoms with van der Waals surface area (Å²) in [4.78, 5) is 21.8. The molecule has 2 N–H and O–H groups in total. The second kappa shape index (κ2) is 6.80. The smallest absolute Gasteiger partial charge is 0.302 e. The Balaban J connectivity index is 1.52. The van der Waals surface area contributed by atoms with Crippen LogP contribution in [-0.4, -0.2) is 16.7 Å². The van der Waals surface area contributed by atoms with Crippen molar-refractivity contribution in [3.63, 3.8) is 0 Å². The van der Waals surface area contributed by atoms with Gasteiger partial charge in [-0.2, -0.15) is 4.98 Å². The lowest BCUT2D eigenvalue weighted by atomic mass is 9.86. The number of nitrogens with zero attached hydrogens (tertiary/aromatic N) is 2. The summed E-state index contributed by atoms with van der Waals surface area (Å²) >= 11 is 6.03. The zero-order valence-corrected chi connectivity index (χ0v) is 15.7. The summed E-state index contributed by atoms with van der Waals surface area (Å²) < 4.78 is 5.74. The molecular formula is C21H17ClN4O2. The van der Waals surface area contributed by atoms with Crippen molar-refractivity contribution in [2.45, 2.75) is 25.3 Å². The van der Waals surface area contributed by atoms with Crippen molar-refractivity contribution in [1.29, 1.82) is 0 Å². The fourth-order valence-corrected chi connectivity index (χ4v) is 3.78. The van der Waals surface area contributed by atoms with Crippen molar-refractivity contribution in [2.24, 2.45) is 4.99 Å². The van der Waals surface area contributed by atoms with Crippen molar-refractivity contribution >= 4 is 40.5 Å². The molecule has 0 radical (unpaired) electrons. The number of anilines is 1. The first-order valence-corrected chi connectivity index (χ1v) is 9.54. The molecule has 3 aromatic rings. The van der Waals surface area contributed by atoms with E-state index in [2.05, 4.69) is 15.6 Å². The van der Waals surface area contributed by atoms with Gasteiger partial charge in [-0.3, -0.25) is 10.1 Å². The number of halogens is 1. The van der Waals surface area contributed by atoms with Crippen LogP contribution < -0.4 is 10.6 Å². The highest BCUT2D eigenvalue weighted by atomic mass is 35.5. The van der Waals surface area contributed by atoms with Crippen molar-refractivity contribution in [3.8, 4) is 0 Å². The van der Waals surface area contributed by atoms with Gasteiger partial charge in [0.2, 0.25) is 5.96 Å². The summed E-state index contributed by atoms with van der Waals surface area (Å²) in [6.07, 6.45) is 2.18. The molecule has 2 aromatic carbocycles. The molecule has 140 valence electrons. The molecule has 0 saturated carbocycles. The Kier molecular flexibility index (Phi) is 4.13. The Morgan fingerprint density at radius 2 is 1.93 bits per heavy atom. The molecule has 0 saturated heterocycles. The first kappa shape index (κ1) is 17.0. The Labute approximate surface area is 166 Å². The molecule has 28 heavy (non-hydrogen) atoms. The average molecular weight is 393 g/mol. The second-order valence-electron chi connectivity index (χ2n) is 6.84. The highest BCUT2D eigenvalue weighted by Gasteiger charge is 2.33. The summed E-state index contributed by atoms with van der Waals surface area (Å²) in [6.45, 7) is 0. The maximum Gasteiger partial charge on any atom is 0.302 e. The van der Waals surface area contributed by atoms with Crippen LogP contribution in [0.2, 0.25) is 5.02 Å². The van der Waals surface area contributed by atoms with Gasteiger partial charge in [-0.15, -0.1) is 0 Å². The third-order valence-corrected chi connectivity index (χ3v) is 5.21. The van der Waals surface area contributed by atoms with Crippen molar-refractivity contribution in [1.82, 2.24) is 10.3 Å². The molecule has 1 aliphatic heterocycles. The van der Waals surface area contributed by atoms with Gasteiger partial charge in [-0.05, 0) is 42.7 Å². The van der Waals surface area contributed by atoms with Crippen LogP contribution in [0.3, 0.4) is 0 Å². The molecule has 0 bridgehead atoms. The van der Waals surface area contributed by atoms with Crippen LogP contribution in [-0.2, 0) is 4.79 Å². The number of hydrogen-bond donors (Lipinski definition) is 2. The third kappa shape index (κ3) is 3.05. The highest BCUT2D eigenvalue weighted by Crippen LogP contribution is 2.36. The lowest BCUT2D eigenvalue weighted by Crippen LogP contribution is -2.38. The van der Waals surface area contributed by atoms with Crippen LogP contribution in [0.5, 0.6) is 0 Å². The van der Waals surface area contributed by atoms with Gasteiger partial charge in [-0.25, -0.2) is 4.99 Å². The topological polar surface area (TPSA) is 79.5 Å². The van der Waals surface area contributed by atoms with Gasteiger partial charge in [0.15, 0.2) is 11.4 Å². The molecule has 1 aliphatic carbocycles. The van der Waals surface area contributed by atoms with Crippen LogP contribution in [0, 0.1) is 0 Å². The highest BCUT2D eigenvalue weighted by molar-refractivity contribution is 6.30. The normalized spacial score (nSPS) is 19.2. The van der Waals surface area contributed by atoms with E-state index in [0.29, 0.717) is 29.0 Å². The number of aliphatic imine (C=N–C) groups is 1. The van der Waals surface area contributed by atoms with Crippen molar-refractivity contribution in [2.75, 3.05) is 5.32 Å². The monoisotopic (exact) mass is 392 g/mol. The Morgan fingerprint density at radius 1 is 1.11 bits per heavy atom. The molecular weight excluding hydrogens is 376 g/mol. The van der Waals surface area contributed by atoms with Gasteiger partial charge in [0.05, 0.1) is 0 Å². The van der Waals surface area contributed by atoms with Gasteiger partial charge in [0.1, 0.15) is 11.6 Å². The molecule has 0 spiro atoms. The zero-order valence-electron chi connectivity index (χ0n) is 14.9. The lowest BCUT2D eigenvalue weighted by Gasteiger charge is -2.30. The third-order valence-electron chi connectivity index (χ3n) is 4.96. The number of guanidine groups is 1. The van der Waals surface area contributed by atoms with Gasteiger partial charge in [-0.1, -0.05) is 35.9 Å². The number of carbonyl (C=O) groups is 1. The molecule has 2 heterocycles. The van der Waals surface area contributed by atoms with Crippen LogP contribution in [0.15, 0.2) is 69.2 Å². The van der Waals surface area contributed by atoms with E-state index in [-0.39, 0.29) is 11.8 Å². The van der Waals surface area contributed by atoms with E-state index in [1.807, 2.05) is 48.5 Å².